The minimum Gasteiger partial charge on any atom is -0.344 e. The van der Waals surface area contributed by atoms with Crippen molar-refractivity contribution >= 4 is 45.5 Å². The van der Waals surface area contributed by atoms with Crippen LogP contribution in [0.3, 0.4) is 0 Å². The van der Waals surface area contributed by atoms with Crippen molar-refractivity contribution in [1.82, 2.24) is 6.15 Å². The molecule has 0 unspecified atom stereocenters. The number of nitrogens with one attached hydrogen (secondary N) is 1. The van der Waals surface area contributed by atoms with Crippen LogP contribution in [-0.4, -0.2) is 29.5 Å². The Morgan fingerprint density at radius 1 is 0.469 bits per heavy atom. The first-order chi connectivity index (χ1) is 14.3. The number of rotatable bonds is 8. The van der Waals surface area contributed by atoms with Gasteiger partial charge in [0.15, 0.2) is 11.4 Å². The fraction of sp³-hybridized carbons (Fsp3) is 0. The van der Waals surface area contributed by atoms with E-state index in [1.165, 1.54) is 0 Å². The Morgan fingerprint density at radius 3 is 0.844 bits per heavy atom. The topological polar surface area (TPSA) is 306 Å². The van der Waals surface area contributed by atoms with E-state index in [0.29, 0.717) is 24.3 Å². The largest absolute Gasteiger partial charge is 0.344 e. The van der Waals surface area contributed by atoms with Crippen LogP contribution in [0.15, 0.2) is 24.3 Å². The molecule has 0 aliphatic rings. The molecule has 0 heterocycles. The quantitative estimate of drug-likeness (QED) is 0.426. The number of nitro benzene ring substituents is 6. The van der Waals surface area contributed by atoms with E-state index >= 15 is 0 Å². The zero-order chi connectivity index (χ0) is 23.6. The molecule has 0 atom stereocenters. The normalized spacial score (nSPS) is 9.88. The smallest absolute Gasteiger partial charge is 0.306 e. The Hall–Kier alpha value is -5.40. The van der Waals surface area contributed by atoms with Gasteiger partial charge in [-0.2, -0.15) is 0 Å². The van der Waals surface area contributed by atoms with Crippen LogP contribution >= 0.6 is 0 Å². The third-order valence-corrected chi connectivity index (χ3v) is 3.62. The maximum Gasteiger partial charge on any atom is 0.306 e. The summed E-state index contributed by atoms with van der Waals surface area (Å²) in [6, 6.07) is 1.16. The SMILES string of the molecule is N.O=[N+]([O-])c1cc([N+](=O)[O-])c(Nc2c([N+](=O)[O-])cc([N+](=O)[O-])cc2[N+](=O)[O-])c([N+](=O)[O-])c1. The van der Waals surface area contributed by atoms with Crippen LogP contribution in [0, 0.1) is 60.7 Å². The minimum absolute atomic E-state index is 0. The van der Waals surface area contributed by atoms with E-state index in [4.69, 9.17) is 0 Å². The van der Waals surface area contributed by atoms with Gasteiger partial charge < -0.3 is 11.5 Å². The molecule has 168 valence electrons. The average Bonchev–Trinajstić information content (AvgIpc) is 2.66. The molecule has 0 spiro atoms. The van der Waals surface area contributed by atoms with Crippen molar-refractivity contribution in [2.24, 2.45) is 0 Å². The molecule has 0 bridgehead atoms. The lowest BCUT2D eigenvalue weighted by Gasteiger charge is -2.09. The van der Waals surface area contributed by atoms with Crippen LogP contribution < -0.4 is 11.5 Å². The highest BCUT2D eigenvalue weighted by Gasteiger charge is 2.36. The van der Waals surface area contributed by atoms with Crippen LogP contribution in [0.4, 0.5) is 45.5 Å². The molecule has 0 aromatic heterocycles. The number of anilines is 2. The summed E-state index contributed by atoms with van der Waals surface area (Å²) >= 11 is 0. The van der Waals surface area contributed by atoms with Crippen LogP contribution in [0.5, 0.6) is 0 Å². The molecule has 0 aliphatic carbocycles. The van der Waals surface area contributed by atoms with Crippen LogP contribution in [0.25, 0.3) is 0 Å². The van der Waals surface area contributed by atoms with E-state index in [9.17, 15) is 60.7 Å². The Bertz CT molecular complexity index is 1030. The van der Waals surface area contributed by atoms with Gasteiger partial charge >= 0.3 is 22.7 Å². The standard InChI is InChI=1S/C12H5N7O12.H3N/c20-14(21)5-1-7(16(24)25)11(8(2-5)17(26)27)13-12-9(18(28)29)3-6(15(22)23)4-10(12)19(30)31;/h1-4,13H;1H3. The van der Waals surface area contributed by atoms with Gasteiger partial charge in [-0.05, 0) is 0 Å². The number of nitro groups is 6. The van der Waals surface area contributed by atoms with Gasteiger partial charge in [0.05, 0.1) is 53.8 Å². The number of benzene rings is 2. The first-order valence-corrected chi connectivity index (χ1v) is 7.34. The molecule has 32 heavy (non-hydrogen) atoms. The molecule has 2 aromatic rings. The molecule has 0 radical (unpaired) electrons. The highest BCUT2D eigenvalue weighted by atomic mass is 16.6. The molecular weight excluding hydrogens is 448 g/mol. The van der Waals surface area contributed by atoms with Crippen molar-refractivity contribution in [3.63, 3.8) is 0 Å². The van der Waals surface area contributed by atoms with E-state index in [-0.39, 0.29) is 6.15 Å². The van der Waals surface area contributed by atoms with Crippen molar-refractivity contribution < 1.29 is 29.5 Å². The molecule has 4 N–H and O–H groups in total. The zero-order valence-corrected chi connectivity index (χ0v) is 15.1. The van der Waals surface area contributed by atoms with E-state index in [1.807, 2.05) is 5.32 Å². The highest BCUT2D eigenvalue weighted by molar-refractivity contribution is 5.88. The Kier molecular flexibility index (Phi) is 6.89. The molecule has 0 amide bonds. The summed E-state index contributed by atoms with van der Waals surface area (Å²) in [7, 11) is 0. The van der Waals surface area contributed by atoms with Crippen LogP contribution in [-0.2, 0) is 0 Å². The van der Waals surface area contributed by atoms with Crippen LogP contribution in [0.2, 0.25) is 0 Å². The van der Waals surface area contributed by atoms with Gasteiger partial charge in [-0.25, -0.2) is 0 Å². The van der Waals surface area contributed by atoms with Crippen molar-refractivity contribution in [3.05, 3.63) is 85.0 Å². The van der Waals surface area contributed by atoms with E-state index in [2.05, 4.69) is 0 Å². The van der Waals surface area contributed by atoms with Gasteiger partial charge in [0.2, 0.25) is 0 Å². The molecular formula is C12H8N8O12. The predicted octanol–water partition coefficient (Wildman–Crippen LogP) is 3.04. The molecule has 2 aromatic carbocycles. The lowest BCUT2D eigenvalue weighted by atomic mass is 10.1. The third kappa shape index (κ3) is 4.60. The van der Waals surface area contributed by atoms with Crippen molar-refractivity contribution in [2.75, 3.05) is 5.32 Å². The maximum absolute atomic E-state index is 11.3. The third-order valence-electron chi connectivity index (χ3n) is 3.62. The average molecular weight is 456 g/mol. The lowest BCUT2D eigenvalue weighted by Crippen LogP contribution is -2.07. The number of non-ortho nitro benzene ring substituents is 2. The molecule has 20 heteroatoms. The number of nitrogens with zero attached hydrogens (tertiary/aromatic N) is 6. The number of hydrogen-bond donors (Lipinski definition) is 2. The Labute approximate surface area is 172 Å². The fourth-order valence-corrected chi connectivity index (χ4v) is 2.36. The predicted molar refractivity (Wildman–Crippen MR) is 101 cm³/mol. The van der Waals surface area contributed by atoms with E-state index < -0.39 is 75.0 Å². The summed E-state index contributed by atoms with van der Waals surface area (Å²) in [6.45, 7) is 0. The van der Waals surface area contributed by atoms with E-state index in [0.717, 1.165) is 0 Å². The second-order valence-electron chi connectivity index (χ2n) is 5.39. The summed E-state index contributed by atoms with van der Waals surface area (Å²) in [6.07, 6.45) is 0. The molecule has 0 aliphatic heterocycles. The molecule has 20 nitrogen and oxygen atoms in total. The molecule has 0 fully saturated rings. The summed E-state index contributed by atoms with van der Waals surface area (Å²) in [5, 5.41) is 68.9. The van der Waals surface area contributed by atoms with Crippen molar-refractivity contribution in [2.45, 2.75) is 0 Å². The first kappa shape index (κ1) is 24.6. The zero-order valence-electron chi connectivity index (χ0n) is 15.1. The molecule has 2 rings (SSSR count). The summed E-state index contributed by atoms with van der Waals surface area (Å²) in [4.78, 5) is 59.5. The Morgan fingerprint density at radius 2 is 0.688 bits per heavy atom. The van der Waals surface area contributed by atoms with Crippen molar-refractivity contribution in [1.29, 1.82) is 0 Å². The molecule has 0 saturated heterocycles. The van der Waals surface area contributed by atoms with Gasteiger partial charge in [-0.15, -0.1) is 0 Å². The summed E-state index contributed by atoms with van der Waals surface area (Å²) in [5.41, 5.74) is -9.66. The van der Waals surface area contributed by atoms with Gasteiger partial charge in [0, 0.05) is 0 Å². The van der Waals surface area contributed by atoms with Gasteiger partial charge in [0.25, 0.3) is 11.4 Å². The van der Waals surface area contributed by atoms with Crippen LogP contribution in [0.1, 0.15) is 0 Å². The van der Waals surface area contributed by atoms with Gasteiger partial charge in [-0.1, -0.05) is 0 Å². The second-order valence-corrected chi connectivity index (χ2v) is 5.39. The summed E-state index contributed by atoms with van der Waals surface area (Å²) in [5.74, 6) is 0. The van der Waals surface area contributed by atoms with Crippen molar-refractivity contribution in [3.8, 4) is 0 Å². The monoisotopic (exact) mass is 456 g/mol. The highest BCUT2D eigenvalue weighted by Crippen LogP contribution is 2.45. The first-order valence-electron chi connectivity index (χ1n) is 7.34. The van der Waals surface area contributed by atoms with E-state index in [1.54, 1.807) is 0 Å². The summed E-state index contributed by atoms with van der Waals surface area (Å²) < 4.78 is 0. The maximum atomic E-state index is 11.3. The number of hydrogen-bond acceptors (Lipinski definition) is 14. The Balaban J connectivity index is 0.00000512. The lowest BCUT2D eigenvalue weighted by molar-refractivity contribution is -0.402. The van der Waals surface area contributed by atoms with Gasteiger partial charge in [-0.3, -0.25) is 60.7 Å². The second kappa shape index (κ2) is 8.95. The fourth-order valence-electron chi connectivity index (χ4n) is 2.36. The minimum atomic E-state index is -1.30. The van der Waals surface area contributed by atoms with Gasteiger partial charge in [0.1, 0.15) is 0 Å². The molecule has 0 saturated carbocycles.